The van der Waals surface area contributed by atoms with Gasteiger partial charge in [0, 0.05) is 11.6 Å². The number of aliphatic carboxylic acids is 1. The van der Waals surface area contributed by atoms with Crippen LogP contribution in [0, 0.1) is 5.82 Å². The molecule has 0 amide bonds. The molecule has 0 aromatic heterocycles. The van der Waals surface area contributed by atoms with Gasteiger partial charge in [-0.2, -0.15) is 0 Å². The molecule has 5 heteroatoms. The van der Waals surface area contributed by atoms with Gasteiger partial charge in [-0.15, -0.1) is 0 Å². The van der Waals surface area contributed by atoms with Gasteiger partial charge in [0.15, 0.2) is 0 Å². The van der Waals surface area contributed by atoms with E-state index in [2.05, 4.69) is 0 Å². The van der Waals surface area contributed by atoms with Crippen LogP contribution < -0.4 is 4.90 Å². The maximum atomic E-state index is 13.3. The maximum Gasteiger partial charge on any atom is 0.352 e. The van der Waals surface area contributed by atoms with Crippen LogP contribution in [0.3, 0.4) is 0 Å². The Labute approximate surface area is 109 Å². The number of rotatable bonds is 2. The first-order valence-corrected chi connectivity index (χ1v) is 5.75. The second kappa shape index (κ2) is 4.71. The molecule has 0 fully saturated rings. The van der Waals surface area contributed by atoms with E-state index in [4.69, 9.17) is 0 Å². The van der Waals surface area contributed by atoms with Crippen molar-refractivity contribution in [1.29, 1.82) is 0 Å². The molecule has 0 saturated heterocycles. The lowest BCUT2D eigenvalue weighted by molar-refractivity contribution is -0.132. The van der Waals surface area contributed by atoms with E-state index >= 15 is 0 Å². The third-order valence-corrected chi connectivity index (χ3v) is 2.89. The van der Waals surface area contributed by atoms with Gasteiger partial charge < -0.3 is 10.0 Å². The number of carboxylic acid groups (broad SMARTS) is 1. The summed E-state index contributed by atoms with van der Waals surface area (Å²) in [6.45, 7) is 3.64. The predicted octanol–water partition coefficient (Wildman–Crippen LogP) is 2.24. The second-order valence-electron chi connectivity index (χ2n) is 4.48. The fraction of sp³-hybridized carbons (Fsp3) is 0.214. The Bertz CT molecular complexity index is 628. The molecule has 1 aliphatic heterocycles. The van der Waals surface area contributed by atoms with E-state index in [0.29, 0.717) is 11.3 Å². The van der Waals surface area contributed by atoms with Crippen LogP contribution in [0.2, 0.25) is 0 Å². The summed E-state index contributed by atoms with van der Waals surface area (Å²) in [5, 5.41) is 9.22. The SMILES string of the molecule is CC(C)N1C(C(=O)O)=CC(=C=O)c2cc(F)ccc21. The average Bonchev–Trinajstić information content (AvgIpc) is 2.36. The summed E-state index contributed by atoms with van der Waals surface area (Å²) in [5.74, 6) is 0.0392. The van der Waals surface area contributed by atoms with E-state index in [9.17, 15) is 19.1 Å². The molecule has 1 N–H and O–H groups in total. The lowest BCUT2D eigenvalue weighted by atomic mass is 9.97. The highest BCUT2D eigenvalue weighted by molar-refractivity contribution is 6.06. The number of benzene rings is 1. The summed E-state index contributed by atoms with van der Waals surface area (Å²) >= 11 is 0. The van der Waals surface area contributed by atoms with Crippen LogP contribution >= 0.6 is 0 Å². The number of nitrogens with zero attached hydrogens (tertiary/aromatic N) is 1. The zero-order valence-electron chi connectivity index (χ0n) is 10.5. The first kappa shape index (κ1) is 13.1. The van der Waals surface area contributed by atoms with Gasteiger partial charge in [0.1, 0.15) is 17.5 Å². The highest BCUT2D eigenvalue weighted by Gasteiger charge is 2.29. The number of allylic oxidation sites excluding steroid dienone is 2. The first-order valence-electron chi connectivity index (χ1n) is 5.75. The minimum absolute atomic E-state index is 0.0209. The number of fused-ring (bicyclic) bond motifs is 1. The molecule has 0 bridgehead atoms. The lowest BCUT2D eigenvalue weighted by Gasteiger charge is -2.33. The van der Waals surface area contributed by atoms with E-state index in [1.807, 2.05) is 13.8 Å². The number of halogens is 1. The Balaban J connectivity index is 2.74. The Hall–Kier alpha value is -2.39. The topological polar surface area (TPSA) is 57.6 Å². The monoisotopic (exact) mass is 261 g/mol. The van der Waals surface area contributed by atoms with Crippen LogP contribution in [0.1, 0.15) is 19.4 Å². The molecule has 0 atom stereocenters. The van der Waals surface area contributed by atoms with Gasteiger partial charge in [0.2, 0.25) is 0 Å². The standard InChI is InChI=1S/C14H12FNO3/c1-8(2)16-12-4-3-10(15)6-11(12)9(7-17)5-13(16)14(18)19/h3-6,8H,1-2H3,(H,18,19). The highest BCUT2D eigenvalue weighted by Crippen LogP contribution is 2.36. The Kier molecular flexibility index (Phi) is 3.23. The maximum absolute atomic E-state index is 13.3. The normalized spacial score (nSPS) is 14.0. The van der Waals surface area contributed by atoms with Gasteiger partial charge >= 0.3 is 5.97 Å². The molecule has 0 spiro atoms. The molecule has 19 heavy (non-hydrogen) atoms. The van der Waals surface area contributed by atoms with E-state index in [1.54, 1.807) is 10.8 Å². The number of carbonyl (C=O) groups is 1. The van der Waals surface area contributed by atoms with Crippen LogP contribution in [0.5, 0.6) is 0 Å². The van der Waals surface area contributed by atoms with Crippen LogP contribution in [-0.2, 0) is 9.59 Å². The molecule has 0 unspecified atom stereocenters. The molecule has 2 rings (SSSR count). The second-order valence-corrected chi connectivity index (χ2v) is 4.48. The number of anilines is 1. The Morgan fingerprint density at radius 2 is 2.11 bits per heavy atom. The highest BCUT2D eigenvalue weighted by atomic mass is 19.1. The quantitative estimate of drug-likeness (QED) is 0.829. The summed E-state index contributed by atoms with van der Waals surface area (Å²) in [6.07, 6.45) is 1.22. The first-order chi connectivity index (χ1) is 8.95. The average molecular weight is 261 g/mol. The smallest absolute Gasteiger partial charge is 0.352 e. The molecule has 0 saturated carbocycles. The van der Waals surface area contributed by atoms with Gasteiger partial charge in [-0.25, -0.2) is 14.0 Å². The minimum Gasteiger partial charge on any atom is -0.477 e. The van der Waals surface area contributed by atoms with Gasteiger partial charge in [0.25, 0.3) is 0 Å². The summed E-state index contributed by atoms with van der Waals surface area (Å²) < 4.78 is 13.3. The molecule has 1 aromatic rings. The van der Waals surface area contributed by atoms with E-state index in [1.165, 1.54) is 24.3 Å². The van der Waals surface area contributed by atoms with Crippen molar-refractivity contribution in [2.75, 3.05) is 4.90 Å². The van der Waals surface area contributed by atoms with Crippen LogP contribution in [0.4, 0.5) is 10.1 Å². The minimum atomic E-state index is -1.14. The van der Waals surface area contributed by atoms with E-state index in [0.717, 1.165) is 0 Å². The zero-order chi connectivity index (χ0) is 14.2. The van der Waals surface area contributed by atoms with Crippen molar-refractivity contribution >= 4 is 23.2 Å². The summed E-state index contributed by atoms with van der Waals surface area (Å²) in [4.78, 5) is 23.8. The van der Waals surface area contributed by atoms with Gasteiger partial charge in [-0.3, -0.25) is 0 Å². The van der Waals surface area contributed by atoms with E-state index < -0.39 is 11.8 Å². The lowest BCUT2D eigenvalue weighted by Crippen LogP contribution is -2.36. The molecule has 1 aliphatic rings. The fourth-order valence-corrected chi connectivity index (χ4v) is 2.15. The van der Waals surface area contributed by atoms with Crippen LogP contribution in [0.15, 0.2) is 30.0 Å². The molecule has 0 aliphatic carbocycles. The molecule has 4 nitrogen and oxygen atoms in total. The Morgan fingerprint density at radius 3 is 2.63 bits per heavy atom. The van der Waals surface area contributed by atoms with Crippen molar-refractivity contribution in [2.24, 2.45) is 0 Å². The van der Waals surface area contributed by atoms with Crippen molar-refractivity contribution in [1.82, 2.24) is 0 Å². The van der Waals surface area contributed by atoms with Crippen LogP contribution in [-0.4, -0.2) is 23.1 Å². The van der Waals surface area contributed by atoms with Crippen LogP contribution in [0.25, 0.3) is 5.57 Å². The van der Waals surface area contributed by atoms with E-state index in [-0.39, 0.29) is 17.3 Å². The number of carbonyl (C=O) groups excluding carboxylic acids is 1. The van der Waals surface area contributed by atoms with Crippen molar-refractivity contribution in [3.63, 3.8) is 0 Å². The van der Waals surface area contributed by atoms with Crippen molar-refractivity contribution in [3.05, 3.63) is 41.4 Å². The fourth-order valence-electron chi connectivity index (χ4n) is 2.15. The molecule has 1 aromatic carbocycles. The molecule has 1 heterocycles. The van der Waals surface area contributed by atoms with Gasteiger partial charge in [-0.1, -0.05) is 0 Å². The largest absolute Gasteiger partial charge is 0.477 e. The molecule has 98 valence electrons. The van der Waals surface area contributed by atoms with Crippen molar-refractivity contribution in [3.8, 4) is 0 Å². The van der Waals surface area contributed by atoms with Gasteiger partial charge in [-0.05, 0) is 38.1 Å². The predicted molar refractivity (Wildman–Crippen MR) is 68.8 cm³/mol. The van der Waals surface area contributed by atoms with Gasteiger partial charge in [0.05, 0.1) is 11.3 Å². The van der Waals surface area contributed by atoms with Crippen molar-refractivity contribution in [2.45, 2.75) is 19.9 Å². The third kappa shape index (κ3) is 2.16. The number of carboxylic acids is 1. The number of hydrogen-bond donors (Lipinski definition) is 1. The summed E-state index contributed by atoms with van der Waals surface area (Å²) in [7, 11) is 0. The zero-order valence-corrected chi connectivity index (χ0v) is 10.5. The Morgan fingerprint density at radius 1 is 1.42 bits per heavy atom. The molecular formula is C14H12FNO3. The summed E-state index contributed by atoms with van der Waals surface area (Å²) in [5.41, 5.74) is 0.875. The molecular weight excluding hydrogens is 249 g/mol. The molecule has 0 radical (unpaired) electrons. The van der Waals surface area contributed by atoms with Crippen molar-refractivity contribution < 1.29 is 19.1 Å². The summed E-state index contributed by atoms with van der Waals surface area (Å²) in [6, 6.07) is 3.78. The third-order valence-electron chi connectivity index (χ3n) is 2.89. The number of hydrogen-bond acceptors (Lipinski definition) is 3.